The van der Waals surface area contributed by atoms with Gasteiger partial charge in [0, 0.05) is 11.6 Å². The molecule has 18 heavy (non-hydrogen) atoms. The lowest BCUT2D eigenvalue weighted by Crippen LogP contribution is -2.06. The Morgan fingerprint density at radius 1 is 1.11 bits per heavy atom. The summed E-state index contributed by atoms with van der Waals surface area (Å²) in [5.41, 5.74) is 4.82. The molecule has 0 atom stereocenters. The van der Waals surface area contributed by atoms with E-state index in [0.29, 0.717) is 6.73 Å². The van der Waals surface area contributed by atoms with Crippen molar-refractivity contribution in [2.24, 2.45) is 0 Å². The van der Waals surface area contributed by atoms with Crippen LogP contribution < -0.4 is 4.74 Å². The molecule has 1 heterocycles. The Hall–Kier alpha value is -2.09. The normalized spacial score (nSPS) is 15.6. The third-order valence-electron chi connectivity index (χ3n) is 3.16. The van der Waals surface area contributed by atoms with Crippen LogP contribution in [0.15, 0.2) is 42.5 Å². The molecule has 0 N–H and O–H groups in total. The number of hydrogen-bond donors (Lipinski definition) is 0. The molecular formula is C16H16NO+. The molecule has 0 aliphatic carbocycles. The topological polar surface area (TPSA) is 12.2 Å². The number of ether oxygens (including phenoxy) is 1. The fraction of sp³-hybridized carbons (Fsp3) is 0.188. The summed E-state index contributed by atoms with van der Waals surface area (Å²) in [7, 11) is 0. The lowest BCUT2D eigenvalue weighted by molar-refractivity contribution is -0.452. The van der Waals surface area contributed by atoms with E-state index < -0.39 is 0 Å². The highest BCUT2D eigenvalue weighted by atomic mass is 16.5. The van der Waals surface area contributed by atoms with Gasteiger partial charge in [0.25, 0.3) is 12.4 Å². The van der Waals surface area contributed by atoms with Crippen molar-refractivity contribution in [3.05, 3.63) is 59.2 Å². The molecule has 2 nitrogen and oxygen atoms in total. The Labute approximate surface area is 107 Å². The van der Waals surface area contributed by atoms with E-state index in [2.05, 4.69) is 48.9 Å². The first kappa shape index (κ1) is 11.0. The minimum absolute atomic E-state index is 0.592. The van der Waals surface area contributed by atoms with Gasteiger partial charge in [0.15, 0.2) is 6.21 Å². The first-order valence-corrected chi connectivity index (χ1v) is 6.14. The smallest absolute Gasteiger partial charge is 0.293 e. The molecule has 0 fully saturated rings. The molecule has 90 valence electrons. The van der Waals surface area contributed by atoms with Crippen molar-refractivity contribution < 1.29 is 9.31 Å². The fourth-order valence-corrected chi connectivity index (χ4v) is 2.36. The Kier molecular flexibility index (Phi) is 2.63. The van der Waals surface area contributed by atoms with Gasteiger partial charge >= 0.3 is 0 Å². The van der Waals surface area contributed by atoms with E-state index in [0.717, 1.165) is 11.4 Å². The second kappa shape index (κ2) is 4.30. The van der Waals surface area contributed by atoms with E-state index >= 15 is 0 Å². The minimum atomic E-state index is 0.592. The Bertz CT molecular complexity index is 614. The van der Waals surface area contributed by atoms with E-state index in [1.54, 1.807) is 0 Å². The minimum Gasteiger partial charge on any atom is -0.429 e. The summed E-state index contributed by atoms with van der Waals surface area (Å²) in [6, 6.07) is 14.7. The van der Waals surface area contributed by atoms with Crippen LogP contribution >= 0.6 is 0 Å². The molecule has 0 bridgehead atoms. The zero-order valence-corrected chi connectivity index (χ0v) is 10.7. The van der Waals surface area contributed by atoms with Crippen LogP contribution in [0.2, 0.25) is 0 Å². The third kappa shape index (κ3) is 1.90. The van der Waals surface area contributed by atoms with Crippen molar-refractivity contribution in [1.82, 2.24) is 0 Å². The molecule has 2 aromatic carbocycles. The summed E-state index contributed by atoms with van der Waals surface area (Å²) in [5, 5.41) is 0. The summed E-state index contributed by atoms with van der Waals surface area (Å²) in [4.78, 5) is 0. The fourth-order valence-electron chi connectivity index (χ4n) is 2.36. The van der Waals surface area contributed by atoms with Crippen molar-refractivity contribution in [2.45, 2.75) is 13.8 Å². The average molecular weight is 238 g/mol. The van der Waals surface area contributed by atoms with Crippen molar-refractivity contribution >= 4 is 11.9 Å². The van der Waals surface area contributed by atoms with Crippen LogP contribution in [0.3, 0.4) is 0 Å². The van der Waals surface area contributed by atoms with Gasteiger partial charge in [0.1, 0.15) is 0 Å². The van der Waals surface area contributed by atoms with Crippen molar-refractivity contribution in [3.63, 3.8) is 0 Å². The van der Waals surface area contributed by atoms with Gasteiger partial charge in [0.05, 0.1) is 0 Å². The summed E-state index contributed by atoms with van der Waals surface area (Å²) < 4.78 is 7.92. The van der Waals surface area contributed by atoms with Gasteiger partial charge in [-0.25, -0.2) is 0 Å². The van der Waals surface area contributed by atoms with Crippen LogP contribution in [0.5, 0.6) is 5.75 Å². The third-order valence-corrected chi connectivity index (χ3v) is 3.16. The average Bonchev–Trinajstić information content (AvgIpc) is 2.74. The molecule has 0 unspecified atom stereocenters. The standard InChI is InChI=1S/C16H16NO/c1-12-8-13(2)16-15(9-12)17(11-18-16)10-14-6-4-3-5-7-14/h3-10H,11H2,1-2H3/q+1/b17-10-. The molecule has 0 amide bonds. The molecule has 2 aromatic rings. The van der Waals surface area contributed by atoms with E-state index in [4.69, 9.17) is 4.74 Å². The van der Waals surface area contributed by atoms with Crippen LogP contribution in [0.25, 0.3) is 0 Å². The lowest BCUT2D eigenvalue weighted by Gasteiger charge is -1.99. The molecule has 2 heteroatoms. The van der Waals surface area contributed by atoms with Gasteiger partial charge in [-0.15, -0.1) is 0 Å². The summed E-state index contributed by atoms with van der Waals surface area (Å²) in [5.74, 6) is 1.01. The molecule has 0 spiro atoms. The van der Waals surface area contributed by atoms with E-state index in [-0.39, 0.29) is 0 Å². The highest BCUT2D eigenvalue weighted by Crippen LogP contribution is 2.36. The predicted molar refractivity (Wildman–Crippen MR) is 72.9 cm³/mol. The Morgan fingerprint density at radius 2 is 1.89 bits per heavy atom. The number of benzene rings is 2. The predicted octanol–water partition coefficient (Wildman–Crippen LogP) is 3.42. The van der Waals surface area contributed by atoms with Gasteiger partial charge in [-0.05, 0) is 37.1 Å². The van der Waals surface area contributed by atoms with Crippen LogP contribution in [0.1, 0.15) is 16.7 Å². The first-order valence-electron chi connectivity index (χ1n) is 6.14. The largest absolute Gasteiger partial charge is 0.429 e. The molecule has 0 saturated heterocycles. The number of hydrogen-bond acceptors (Lipinski definition) is 1. The second-order valence-electron chi connectivity index (χ2n) is 4.71. The maximum Gasteiger partial charge on any atom is 0.293 e. The van der Waals surface area contributed by atoms with Gasteiger partial charge in [-0.2, -0.15) is 4.58 Å². The lowest BCUT2D eigenvalue weighted by atomic mass is 10.1. The summed E-state index contributed by atoms with van der Waals surface area (Å²) >= 11 is 0. The quantitative estimate of drug-likeness (QED) is 0.693. The molecule has 0 radical (unpaired) electrons. The van der Waals surface area contributed by atoms with Crippen molar-refractivity contribution in [3.8, 4) is 5.75 Å². The maximum absolute atomic E-state index is 5.76. The van der Waals surface area contributed by atoms with Crippen LogP contribution in [0, 0.1) is 13.8 Å². The van der Waals surface area contributed by atoms with Gasteiger partial charge < -0.3 is 4.74 Å². The van der Waals surface area contributed by atoms with Crippen LogP contribution in [0.4, 0.5) is 5.69 Å². The second-order valence-corrected chi connectivity index (χ2v) is 4.71. The van der Waals surface area contributed by atoms with E-state index in [9.17, 15) is 0 Å². The molecule has 3 rings (SSSR count). The number of nitrogens with zero attached hydrogens (tertiary/aromatic N) is 1. The maximum atomic E-state index is 5.76. The van der Waals surface area contributed by atoms with Gasteiger partial charge in [-0.3, -0.25) is 0 Å². The molecule has 0 aromatic heterocycles. The Balaban J connectivity index is 2.08. The summed E-state index contributed by atoms with van der Waals surface area (Å²) in [6.07, 6.45) is 2.13. The Morgan fingerprint density at radius 3 is 2.67 bits per heavy atom. The SMILES string of the molecule is Cc1cc(C)c2c(c1)/[N+](=C\c1ccccc1)CO2. The van der Waals surface area contributed by atoms with Crippen molar-refractivity contribution in [2.75, 3.05) is 6.73 Å². The summed E-state index contributed by atoms with van der Waals surface area (Å²) in [6.45, 7) is 4.80. The number of fused-ring (bicyclic) bond motifs is 1. The van der Waals surface area contributed by atoms with Crippen LogP contribution in [-0.4, -0.2) is 17.5 Å². The zero-order valence-electron chi connectivity index (χ0n) is 10.7. The van der Waals surface area contributed by atoms with E-state index in [1.807, 2.05) is 18.2 Å². The van der Waals surface area contributed by atoms with Crippen LogP contribution in [-0.2, 0) is 0 Å². The number of aryl methyl sites for hydroxylation is 2. The molecular weight excluding hydrogens is 222 g/mol. The van der Waals surface area contributed by atoms with E-state index in [1.165, 1.54) is 16.7 Å². The molecule has 0 saturated carbocycles. The highest BCUT2D eigenvalue weighted by molar-refractivity contribution is 5.77. The zero-order chi connectivity index (χ0) is 12.5. The first-order chi connectivity index (χ1) is 8.74. The molecule has 1 aliphatic heterocycles. The number of rotatable bonds is 1. The van der Waals surface area contributed by atoms with Gasteiger partial charge in [0.2, 0.25) is 5.75 Å². The van der Waals surface area contributed by atoms with Gasteiger partial charge in [-0.1, -0.05) is 24.3 Å². The highest BCUT2D eigenvalue weighted by Gasteiger charge is 2.26. The molecule has 1 aliphatic rings. The monoisotopic (exact) mass is 238 g/mol. The van der Waals surface area contributed by atoms with Crippen molar-refractivity contribution in [1.29, 1.82) is 0 Å².